The predicted octanol–water partition coefficient (Wildman–Crippen LogP) is 6.52. The van der Waals surface area contributed by atoms with Crippen molar-refractivity contribution in [1.82, 2.24) is 0 Å². The Morgan fingerprint density at radius 3 is 1.31 bits per heavy atom. The van der Waals surface area contributed by atoms with Gasteiger partial charge in [0.2, 0.25) is 8.32 Å². The van der Waals surface area contributed by atoms with Crippen molar-refractivity contribution in [2.24, 2.45) is 0 Å². The fourth-order valence-corrected chi connectivity index (χ4v) is 5.76. The van der Waals surface area contributed by atoms with Gasteiger partial charge in [0.15, 0.2) is 0 Å². The lowest BCUT2D eigenvalue weighted by Gasteiger charge is -2.46. The molecular weight excluding hydrogens is 408 g/mol. The molecule has 0 aliphatic carbocycles. The summed E-state index contributed by atoms with van der Waals surface area (Å²) in [6.45, 7) is 4.17. The van der Waals surface area contributed by atoms with Crippen molar-refractivity contribution >= 4 is 8.32 Å². The van der Waals surface area contributed by atoms with Crippen LogP contribution in [0.4, 0.5) is 0 Å². The van der Waals surface area contributed by atoms with Gasteiger partial charge in [0.1, 0.15) is 5.60 Å². The molecule has 0 aromatic heterocycles. The molecule has 32 heavy (non-hydrogen) atoms. The number of hydrogen-bond acceptors (Lipinski definition) is 2. The molecule has 0 aliphatic rings. The first kappa shape index (κ1) is 22.2. The van der Waals surface area contributed by atoms with Gasteiger partial charge in [-0.3, -0.25) is 0 Å². The van der Waals surface area contributed by atoms with Crippen molar-refractivity contribution < 1.29 is 9.53 Å². The molecule has 0 radical (unpaired) electrons. The van der Waals surface area contributed by atoms with Gasteiger partial charge in [-0.25, -0.2) is 0 Å². The van der Waals surface area contributed by atoms with E-state index in [2.05, 4.69) is 110 Å². The summed E-state index contributed by atoms with van der Waals surface area (Å²) in [5.74, 6) is -0.104. The van der Waals surface area contributed by atoms with E-state index in [0.717, 1.165) is 11.1 Å². The quantitative estimate of drug-likeness (QED) is 0.318. The molecular formula is C29H30O2Si. The van der Waals surface area contributed by atoms with Gasteiger partial charge in [-0.2, -0.15) is 0 Å². The Balaban J connectivity index is 2.10. The van der Waals surface area contributed by atoms with E-state index in [9.17, 15) is 5.11 Å². The SMILES string of the molecule is C[Si](C)(CO)OC(c1ccccc1)(c1ccccc1)C(c1ccccc1)c1ccccc1. The fourth-order valence-electron chi connectivity index (χ4n) is 4.47. The Bertz CT molecular complexity index is 1020. The molecule has 4 aromatic rings. The van der Waals surface area contributed by atoms with Gasteiger partial charge in [-0.05, 0) is 35.3 Å². The molecule has 4 rings (SSSR count). The summed E-state index contributed by atoms with van der Waals surface area (Å²) >= 11 is 0. The molecule has 1 N–H and O–H groups in total. The van der Waals surface area contributed by atoms with E-state index in [-0.39, 0.29) is 12.1 Å². The molecule has 0 amide bonds. The van der Waals surface area contributed by atoms with Gasteiger partial charge in [0.25, 0.3) is 0 Å². The van der Waals surface area contributed by atoms with Crippen LogP contribution in [-0.2, 0) is 10.0 Å². The maximum absolute atomic E-state index is 10.3. The van der Waals surface area contributed by atoms with Gasteiger partial charge in [-0.15, -0.1) is 0 Å². The van der Waals surface area contributed by atoms with Crippen molar-refractivity contribution in [3.63, 3.8) is 0 Å². The number of aliphatic hydroxyl groups is 1. The highest BCUT2D eigenvalue weighted by Gasteiger charge is 2.48. The minimum atomic E-state index is -2.45. The minimum absolute atomic E-state index is 0.0463. The summed E-state index contributed by atoms with van der Waals surface area (Å²) in [4.78, 5) is 0. The Morgan fingerprint density at radius 1 is 0.625 bits per heavy atom. The van der Waals surface area contributed by atoms with E-state index in [0.29, 0.717) is 0 Å². The molecule has 0 spiro atoms. The molecule has 0 aliphatic heterocycles. The third-order valence-corrected chi connectivity index (χ3v) is 7.53. The largest absolute Gasteiger partial charge is 0.401 e. The van der Waals surface area contributed by atoms with Crippen LogP contribution in [-0.4, -0.2) is 19.7 Å². The van der Waals surface area contributed by atoms with Crippen LogP contribution in [0.15, 0.2) is 121 Å². The fraction of sp³-hybridized carbons (Fsp3) is 0.172. The van der Waals surface area contributed by atoms with Crippen molar-refractivity contribution in [1.29, 1.82) is 0 Å². The van der Waals surface area contributed by atoms with E-state index < -0.39 is 13.9 Å². The zero-order chi connectivity index (χ0) is 22.4. The van der Waals surface area contributed by atoms with Crippen molar-refractivity contribution in [2.75, 3.05) is 6.23 Å². The summed E-state index contributed by atoms with van der Waals surface area (Å²) in [5, 5.41) is 10.3. The van der Waals surface area contributed by atoms with Crippen molar-refractivity contribution in [3.8, 4) is 0 Å². The normalized spacial score (nSPS) is 12.1. The second kappa shape index (κ2) is 9.66. The van der Waals surface area contributed by atoms with Crippen LogP contribution >= 0.6 is 0 Å². The van der Waals surface area contributed by atoms with Crippen LogP contribution in [0, 0.1) is 0 Å². The molecule has 0 atom stereocenters. The molecule has 4 aromatic carbocycles. The smallest absolute Gasteiger partial charge is 0.213 e. The van der Waals surface area contributed by atoms with Gasteiger partial charge in [0.05, 0.1) is 6.23 Å². The van der Waals surface area contributed by atoms with Crippen LogP contribution in [0.5, 0.6) is 0 Å². The second-order valence-corrected chi connectivity index (χ2v) is 12.8. The van der Waals surface area contributed by atoms with E-state index in [4.69, 9.17) is 4.43 Å². The van der Waals surface area contributed by atoms with E-state index in [1.165, 1.54) is 11.1 Å². The highest BCUT2D eigenvalue weighted by molar-refractivity contribution is 6.71. The number of rotatable bonds is 8. The van der Waals surface area contributed by atoms with Crippen LogP contribution in [0.3, 0.4) is 0 Å². The van der Waals surface area contributed by atoms with Crippen LogP contribution < -0.4 is 0 Å². The molecule has 0 bridgehead atoms. The highest BCUT2D eigenvalue weighted by Crippen LogP contribution is 2.50. The zero-order valence-corrected chi connectivity index (χ0v) is 19.7. The van der Waals surface area contributed by atoms with Crippen molar-refractivity contribution in [2.45, 2.75) is 24.6 Å². The van der Waals surface area contributed by atoms with Crippen molar-refractivity contribution in [3.05, 3.63) is 144 Å². The first-order valence-electron chi connectivity index (χ1n) is 11.1. The molecule has 0 saturated carbocycles. The number of aliphatic hydroxyl groups excluding tert-OH is 1. The first-order chi connectivity index (χ1) is 15.6. The predicted molar refractivity (Wildman–Crippen MR) is 134 cm³/mol. The van der Waals surface area contributed by atoms with Gasteiger partial charge in [0, 0.05) is 5.92 Å². The molecule has 2 nitrogen and oxygen atoms in total. The monoisotopic (exact) mass is 438 g/mol. The first-order valence-corrected chi connectivity index (χ1v) is 14.2. The Hall–Kier alpha value is -2.98. The van der Waals surface area contributed by atoms with Gasteiger partial charge < -0.3 is 9.53 Å². The van der Waals surface area contributed by atoms with E-state index >= 15 is 0 Å². The standard InChI is InChI=1S/C29H30O2Si/c1-32(2,23-30)31-29(26-19-11-5-12-20-26,27-21-13-6-14-22-27)28(24-15-7-3-8-16-24)25-17-9-4-10-18-25/h3-22,28,30H,23H2,1-2H3. The summed E-state index contributed by atoms with van der Waals surface area (Å²) in [7, 11) is -2.45. The zero-order valence-electron chi connectivity index (χ0n) is 18.7. The molecule has 0 unspecified atom stereocenters. The van der Waals surface area contributed by atoms with E-state index in [1.54, 1.807) is 0 Å². The molecule has 162 valence electrons. The lowest BCUT2D eigenvalue weighted by atomic mass is 9.70. The minimum Gasteiger partial charge on any atom is -0.401 e. The van der Waals surface area contributed by atoms with E-state index in [1.807, 2.05) is 24.3 Å². The summed E-state index contributed by atoms with van der Waals surface area (Å²) in [6, 6.07) is 42.1. The maximum atomic E-state index is 10.3. The highest BCUT2D eigenvalue weighted by atomic mass is 28.4. The summed E-state index contributed by atoms with van der Waals surface area (Å²) < 4.78 is 7.21. The number of benzene rings is 4. The third-order valence-electron chi connectivity index (χ3n) is 5.90. The topological polar surface area (TPSA) is 29.5 Å². The van der Waals surface area contributed by atoms with Crippen LogP contribution in [0.1, 0.15) is 28.2 Å². The Kier molecular flexibility index (Phi) is 6.71. The molecule has 3 heteroatoms. The van der Waals surface area contributed by atoms with Gasteiger partial charge in [-0.1, -0.05) is 121 Å². The molecule has 0 saturated heterocycles. The van der Waals surface area contributed by atoms with Gasteiger partial charge >= 0.3 is 0 Å². The van der Waals surface area contributed by atoms with Crippen LogP contribution in [0.25, 0.3) is 0 Å². The second-order valence-electron chi connectivity index (χ2n) is 8.74. The van der Waals surface area contributed by atoms with Crippen LogP contribution in [0.2, 0.25) is 13.1 Å². The Morgan fingerprint density at radius 2 is 0.969 bits per heavy atom. The molecule has 0 fully saturated rings. The summed E-state index contributed by atoms with van der Waals surface area (Å²) in [5.41, 5.74) is 3.71. The molecule has 0 heterocycles. The maximum Gasteiger partial charge on any atom is 0.213 e. The lowest BCUT2D eigenvalue weighted by Crippen LogP contribution is -2.49. The number of hydrogen-bond donors (Lipinski definition) is 1. The Labute approximate surface area is 192 Å². The third kappa shape index (κ3) is 4.46. The lowest BCUT2D eigenvalue weighted by molar-refractivity contribution is 0.0737. The average molecular weight is 439 g/mol. The summed E-state index contributed by atoms with van der Waals surface area (Å²) in [6.07, 6.45) is 0.0463. The average Bonchev–Trinajstić information content (AvgIpc) is 2.86.